The van der Waals surface area contributed by atoms with Crippen molar-refractivity contribution in [3.05, 3.63) is 16.8 Å². The number of thiophene rings is 1. The summed E-state index contributed by atoms with van der Waals surface area (Å²) in [6, 6.07) is 2.00. The molecule has 1 aromatic heterocycles. The molecular formula is C12H17ClN2O2S. The predicted octanol–water partition coefficient (Wildman–Crippen LogP) is 1.51. The third-order valence-corrected chi connectivity index (χ3v) is 4.15. The molecule has 3 heterocycles. The second kappa shape index (κ2) is 6.02. The zero-order chi connectivity index (χ0) is 11.7. The quantitative estimate of drug-likeness (QED) is 0.852. The third-order valence-electron chi connectivity index (χ3n) is 3.47. The van der Waals surface area contributed by atoms with Crippen molar-refractivity contribution in [2.24, 2.45) is 5.92 Å². The zero-order valence-corrected chi connectivity index (χ0v) is 11.6. The first-order valence-corrected chi connectivity index (χ1v) is 6.96. The second-order valence-electron chi connectivity index (χ2n) is 4.48. The van der Waals surface area contributed by atoms with Gasteiger partial charge in [0.15, 0.2) is 0 Å². The highest BCUT2D eigenvalue weighted by Crippen LogP contribution is 2.26. The van der Waals surface area contributed by atoms with Crippen molar-refractivity contribution in [1.82, 2.24) is 5.32 Å². The zero-order valence-electron chi connectivity index (χ0n) is 10.0. The maximum atomic E-state index is 12.5. The fraction of sp³-hybridized carbons (Fsp3) is 0.583. The summed E-state index contributed by atoms with van der Waals surface area (Å²) >= 11 is 1.62. The summed E-state index contributed by atoms with van der Waals surface area (Å²) in [6.45, 7) is 3.01. The number of piperidine rings is 1. The lowest BCUT2D eigenvalue weighted by atomic mass is 9.93. The monoisotopic (exact) mass is 288 g/mol. The van der Waals surface area contributed by atoms with Gasteiger partial charge in [-0.15, -0.1) is 12.4 Å². The molecule has 2 atom stereocenters. The first-order chi connectivity index (χ1) is 8.36. The summed E-state index contributed by atoms with van der Waals surface area (Å²) in [5.41, 5.74) is 1.02. The van der Waals surface area contributed by atoms with Crippen LogP contribution in [-0.2, 0) is 9.53 Å². The van der Waals surface area contributed by atoms with E-state index in [4.69, 9.17) is 4.74 Å². The molecule has 2 saturated heterocycles. The smallest absolute Gasteiger partial charge is 0.232 e. The van der Waals surface area contributed by atoms with Gasteiger partial charge >= 0.3 is 0 Å². The third kappa shape index (κ3) is 2.54. The Balaban J connectivity index is 0.00000120. The molecule has 0 radical (unpaired) electrons. The highest BCUT2D eigenvalue weighted by Gasteiger charge is 2.37. The van der Waals surface area contributed by atoms with Crippen molar-refractivity contribution in [2.75, 3.05) is 31.1 Å². The topological polar surface area (TPSA) is 41.6 Å². The number of carbonyl (C=O) groups is 1. The number of nitrogens with one attached hydrogen (secondary N) is 1. The summed E-state index contributed by atoms with van der Waals surface area (Å²) in [6.07, 6.45) is 0.935. The molecule has 0 bridgehead atoms. The summed E-state index contributed by atoms with van der Waals surface area (Å²) in [5, 5.41) is 7.32. The van der Waals surface area contributed by atoms with Gasteiger partial charge < -0.3 is 15.0 Å². The normalized spacial score (nSPS) is 28.2. The van der Waals surface area contributed by atoms with Crippen LogP contribution in [0.4, 0.5) is 5.69 Å². The molecule has 0 unspecified atom stereocenters. The Hall–Kier alpha value is -0.620. The fourth-order valence-corrected chi connectivity index (χ4v) is 3.20. The van der Waals surface area contributed by atoms with Crippen LogP contribution in [0, 0.1) is 5.92 Å². The fourth-order valence-electron chi connectivity index (χ4n) is 2.56. The number of hydrogen-bond donors (Lipinski definition) is 1. The molecule has 6 heteroatoms. The Morgan fingerprint density at radius 3 is 3.17 bits per heavy atom. The lowest BCUT2D eigenvalue weighted by molar-refractivity contribution is -0.126. The molecule has 0 saturated carbocycles. The highest BCUT2D eigenvalue weighted by atomic mass is 35.5. The van der Waals surface area contributed by atoms with Crippen molar-refractivity contribution >= 4 is 35.3 Å². The lowest BCUT2D eigenvalue weighted by Crippen LogP contribution is -2.47. The van der Waals surface area contributed by atoms with Crippen molar-refractivity contribution < 1.29 is 9.53 Å². The Labute approximate surface area is 117 Å². The highest BCUT2D eigenvalue weighted by molar-refractivity contribution is 7.08. The van der Waals surface area contributed by atoms with Crippen LogP contribution in [0.3, 0.4) is 0 Å². The Morgan fingerprint density at radius 2 is 2.39 bits per heavy atom. The maximum absolute atomic E-state index is 12.5. The van der Waals surface area contributed by atoms with Gasteiger partial charge in [-0.05, 0) is 24.4 Å². The van der Waals surface area contributed by atoms with Crippen molar-refractivity contribution in [3.63, 3.8) is 0 Å². The molecule has 0 spiro atoms. The molecule has 2 fully saturated rings. The second-order valence-corrected chi connectivity index (χ2v) is 5.26. The number of carbonyl (C=O) groups excluding carboxylic acids is 1. The maximum Gasteiger partial charge on any atom is 0.232 e. The Kier molecular flexibility index (Phi) is 4.61. The molecular weight excluding hydrogens is 272 g/mol. The average Bonchev–Trinajstić information content (AvgIpc) is 2.83. The molecule has 4 nitrogen and oxygen atoms in total. The summed E-state index contributed by atoms with van der Waals surface area (Å²) in [7, 11) is 0. The molecule has 0 aromatic carbocycles. The summed E-state index contributed by atoms with van der Waals surface area (Å²) in [4.78, 5) is 14.4. The van der Waals surface area contributed by atoms with Gasteiger partial charge in [0.05, 0.1) is 24.3 Å². The standard InChI is InChI=1S/C12H16N2O2S.ClH/c15-12-10-1-3-13-7-11(10)16-5-4-14(12)9-2-6-17-8-9;/h2,6,8,10-11,13H,1,3-5,7H2;1H/t10-,11+;/m1./s1. The van der Waals surface area contributed by atoms with Crippen LogP contribution in [0.25, 0.3) is 0 Å². The van der Waals surface area contributed by atoms with Gasteiger partial charge in [0.1, 0.15) is 0 Å². The van der Waals surface area contributed by atoms with E-state index in [0.29, 0.717) is 13.2 Å². The molecule has 18 heavy (non-hydrogen) atoms. The van der Waals surface area contributed by atoms with Crippen LogP contribution in [0.2, 0.25) is 0 Å². The number of anilines is 1. The number of nitrogens with zero attached hydrogens (tertiary/aromatic N) is 1. The van der Waals surface area contributed by atoms with E-state index < -0.39 is 0 Å². The minimum absolute atomic E-state index is 0. The van der Waals surface area contributed by atoms with Gasteiger partial charge in [0, 0.05) is 18.5 Å². The number of ether oxygens (including phenoxy) is 1. The van der Waals surface area contributed by atoms with Gasteiger partial charge in [0.25, 0.3) is 0 Å². The Morgan fingerprint density at radius 1 is 1.50 bits per heavy atom. The van der Waals surface area contributed by atoms with Gasteiger partial charge in [0.2, 0.25) is 5.91 Å². The van der Waals surface area contributed by atoms with E-state index in [1.807, 2.05) is 21.7 Å². The molecule has 1 aromatic rings. The van der Waals surface area contributed by atoms with E-state index in [1.165, 1.54) is 0 Å². The number of rotatable bonds is 1. The number of amides is 1. The average molecular weight is 289 g/mol. The van der Waals surface area contributed by atoms with Gasteiger partial charge in [-0.3, -0.25) is 4.79 Å². The van der Waals surface area contributed by atoms with E-state index in [2.05, 4.69) is 5.32 Å². The number of fused-ring (bicyclic) bond motifs is 1. The first kappa shape index (κ1) is 13.8. The van der Waals surface area contributed by atoms with Gasteiger partial charge in [-0.25, -0.2) is 0 Å². The van der Waals surface area contributed by atoms with Gasteiger partial charge in [-0.2, -0.15) is 11.3 Å². The van der Waals surface area contributed by atoms with Crippen LogP contribution in [0.5, 0.6) is 0 Å². The number of halogens is 1. The van der Waals surface area contributed by atoms with Crippen molar-refractivity contribution in [2.45, 2.75) is 12.5 Å². The van der Waals surface area contributed by atoms with E-state index in [9.17, 15) is 4.79 Å². The molecule has 1 N–H and O–H groups in total. The minimum Gasteiger partial charge on any atom is -0.374 e. The van der Waals surface area contributed by atoms with Gasteiger partial charge in [-0.1, -0.05) is 0 Å². The molecule has 100 valence electrons. The molecule has 2 aliphatic heterocycles. The Bertz CT molecular complexity index is 399. The van der Waals surface area contributed by atoms with E-state index in [0.717, 1.165) is 25.2 Å². The predicted molar refractivity (Wildman–Crippen MR) is 74.6 cm³/mol. The van der Waals surface area contributed by atoms with Crippen LogP contribution in [0.15, 0.2) is 16.8 Å². The molecule has 3 rings (SSSR count). The summed E-state index contributed by atoms with van der Waals surface area (Å²) < 4.78 is 5.78. The first-order valence-electron chi connectivity index (χ1n) is 6.02. The summed E-state index contributed by atoms with van der Waals surface area (Å²) in [5.74, 6) is 0.256. The largest absolute Gasteiger partial charge is 0.374 e. The van der Waals surface area contributed by atoms with E-state index >= 15 is 0 Å². The molecule has 1 amide bonds. The minimum atomic E-state index is 0. The van der Waals surface area contributed by atoms with E-state index in [-0.39, 0.29) is 30.3 Å². The molecule has 2 aliphatic rings. The SMILES string of the molecule is Cl.O=C1[C@@H]2CCNC[C@@H]2OCCN1c1ccsc1. The van der Waals surface area contributed by atoms with Crippen LogP contribution in [0.1, 0.15) is 6.42 Å². The van der Waals surface area contributed by atoms with Crippen molar-refractivity contribution in [1.29, 1.82) is 0 Å². The van der Waals surface area contributed by atoms with Crippen LogP contribution >= 0.6 is 23.7 Å². The van der Waals surface area contributed by atoms with Crippen LogP contribution in [-0.4, -0.2) is 38.3 Å². The van der Waals surface area contributed by atoms with Crippen LogP contribution < -0.4 is 10.2 Å². The number of hydrogen-bond acceptors (Lipinski definition) is 4. The van der Waals surface area contributed by atoms with E-state index in [1.54, 1.807) is 11.3 Å². The lowest BCUT2D eigenvalue weighted by Gasteiger charge is -2.30. The van der Waals surface area contributed by atoms with Crippen molar-refractivity contribution in [3.8, 4) is 0 Å². The molecule has 0 aliphatic carbocycles.